The second kappa shape index (κ2) is 4.67. The van der Waals surface area contributed by atoms with Gasteiger partial charge < -0.3 is 8.97 Å². The first-order valence-electron chi connectivity index (χ1n) is 6.97. The summed E-state index contributed by atoms with van der Waals surface area (Å²) in [5.74, 6) is 0. The zero-order valence-electron chi connectivity index (χ0n) is 11.9. The summed E-state index contributed by atoms with van der Waals surface area (Å²) in [5.41, 5.74) is 4.36. The van der Waals surface area contributed by atoms with Crippen molar-refractivity contribution in [2.45, 2.75) is 0 Å². The van der Waals surface area contributed by atoms with E-state index in [0.717, 1.165) is 22.1 Å². The molecule has 0 fully saturated rings. The van der Waals surface area contributed by atoms with Crippen molar-refractivity contribution in [3.05, 3.63) is 60.9 Å². The summed E-state index contributed by atoms with van der Waals surface area (Å²) in [4.78, 5) is 4.83. The number of benzene rings is 2. The van der Waals surface area contributed by atoms with Crippen molar-refractivity contribution < 1.29 is 20.1 Å². The Kier molecular flexibility index (Phi) is 2.86. The fourth-order valence-electron chi connectivity index (χ4n) is 3.12. The molecule has 3 aromatic heterocycles. The number of aryl methyl sites for hydroxylation is 1. The molecule has 0 saturated carbocycles. The van der Waals surface area contributed by atoms with Gasteiger partial charge in [0.1, 0.15) is 0 Å². The van der Waals surface area contributed by atoms with E-state index in [4.69, 9.17) is 4.98 Å². The third-order valence-corrected chi connectivity index (χ3v) is 4.21. The largest absolute Gasteiger partial charge is 0.350 e. The van der Waals surface area contributed by atoms with Crippen LogP contribution in [0.25, 0.3) is 38.4 Å². The zero-order chi connectivity index (χ0) is 14.0. The standard InChI is InChI=1S/C18H12N3.Ir/c1-20-8-6-13-10-15-17(11-16(13)20)21-9-7-12-4-2-3-5-14(12)18(21)19-15;/h2-4,6-11H,1H3;/q-1;. The van der Waals surface area contributed by atoms with Crippen LogP contribution in [0, 0.1) is 6.07 Å². The second-order valence-electron chi connectivity index (χ2n) is 5.45. The van der Waals surface area contributed by atoms with Crippen molar-refractivity contribution in [2.75, 3.05) is 0 Å². The Morgan fingerprint density at radius 2 is 1.86 bits per heavy atom. The van der Waals surface area contributed by atoms with Crippen molar-refractivity contribution in [2.24, 2.45) is 7.05 Å². The van der Waals surface area contributed by atoms with Crippen LogP contribution in [0.3, 0.4) is 0 Å². The zero-order valence-corrected chi connectivity index (χ0v) is 14.3. The third kappa shape index (κ3) is 1.68. The molecule has 109 valence electrons. The van der Waals surface area contributed by atoms with Crippen molar-refractivity contribution in [3.63, 3.8) is 0 Å². The summed E-state index contributed by atoms with van der Waals surface area (Å²) in [7, 11) is 2.07. The number of aromatic nitrogens is 3. The first-order chi connectivity index (χ1) is 10.3. The van der Waals surface area contributed by atoms with Crippen molar-refractivity contribution >= 4 is 38.4 Å². The summed E-state index contributed by atoms with van der Waals surface area (Å²) in [6.45, 7) is 0. The molecule has 5 aromatic rings. The van der Waals surface area contributed by atoms with Crippen LogP contribution >= 0.6 is 0 Å². The normalized spacial score (nSPS) is 11.5. The topological polar surface area (TPSA) is 22.2 Å². The van der Waals surface area contributed by atoms with Crippen molar-refractivity contribution in [1.82, 2.24) is 14.0 Å². The van der Waals surface area contributed by atoms with Crippen molar-refractivity contribution in [1.29, 1.82) is 0 Å². The molecule has 22 heavy (non-hydrogen) atoms. The van der Waals surface area contributed by atoms with Gasteiger partial charge in [-0.05, 0) is 24.4 Å². The molecule has 0 aliphatic heterocycles. The Morgan fingerprint density at radius 1 is 1.00 bits per heavy atom. The smallest absolute Gasteiger partial charge is 0.0781 e. The fraction of sp³-hybridized carbons (Fsp3) is 0.0556. The minimum Gasteiger partial charge on any atom is -0.350 e. The molecular weight excluding hydrogens is 450 g/mol. The van der Waals surface area contributed by atoms with Gasteiger partial charge in [-0.1, -0.05) is 6.07 Å². The molecule has 1 radical (unpaired) electrons. The number of pyridine rings is 1. The molecule has 2 aromatic carbocycles. The molecule has 0 spiro atoms. The van der Waals surface area contributed by atoms with Gasteiger partial charge in [-0.3, -0.25) is 4.98 Å². The molecular formula is C18H12IrN3-. The summed E-state index contributed by atoms with van der Waals surface area (Å²) in [6, 6.07) is 18.0. The first-order valence-corrected chi connectivity index (χ1v) is 6.97. The summed E-state index contributed by atoms with van der Waals surface area (Å²) < 4.78 is 4.29. The molecule has 0 unspecified atom stereocenters. The van der Waals surface area contributed by atoms with Crippen molar-refractivity contribution in [3.8, 4) is 0 Å². The average Bonchev–Trinajstić information content (AvgIpc) is 3.06. The maximum atomic E-state index is 4.83. The molecule has 3 nitrogen and oxygen atoms in total. The molecule has 4 heteroatoms. The number of rotatable bonds is 0. The van der Waals surface area contributed by atoms with E-state index in [9.17, 15) is 0 Å². The molecule has 0 saturated heterocycles. The molecule has 0 aliphatic rings. The van der Waals surface area contributed by atoms with E-state index >= 15 is 0 Å². The predicted octanol–water partition coefficient (Wildman–Crippen LogP) is 3.93. The van der Waals surface area contributed by atoms with Gasteiger partial charge in [-0.15, -0.1) is 35.0 Å². The minimum absolute atomic E-state index is 0. The van der Waals surface area contributed by atoms with Gasteiger partial charge in [0.2, 0.25) is 0 Å². The van der Waals surface area contributed by atoms with Gasteiger partial charge in [-0.25, -0.2) is 0 Å². The molecule has 0 bridgehead atoms. The van der Waals surface area contributed by atoms with Gasteiger partial charge in [0.05, 0.1) is 16.7 Å². The van der Waals surface area contributed by atoms with Crippen LogP contribution in [0.1, 0.15) is 0 Å². The maximum absolute atomic E-state index is 4.83. The first kappa shape index (κ1) is 13.5. The van der Waals surface area contributed by atoms with Gasteiger partial charge in [-0.2, -0.15) is 0 Å². The van der Waals surface area contributed by atoms with E-state index in [1.54, 1.807) is 0 Å². The van der Waals surface area contributed by atoms with E-state index in [-0.39, 0.29) is 20.1 Å². The van der Waals surface area contributed by atoms with Gasteiger partial charge >= 0.3 is 0 Å². The Hall–Kier alpha value is -2.16. The minimum atomic E-state index is 0. The number of fused-ring (bicyclic) bond motifs is 6. The number of hydrogen-bond acceptors (Lipinski definition) is 1. The Morgan fingerprint density at radius 3 is 2.77 bits per heavy atom. The summed E-state index contributed by atoms with van der Waals surface area (Å²) in [5, 5.41) is 3.46. The molecule has 0 aliphatic carbocycles. The summed E-state index contributed by atoms with van der Waals surface area (Å²) in [6.07, 6.45) is 4.18. The van der Waals surface area contributed by atoms with E-state index in [1.807, 2.05) is 12.1 Å². The van der Waals surface area contributed by atoms with Crippen LogP contribution in [-0.4, -0.2) is 14.0 Å². The Bertz CT molecular complexity index is 1150. The Labute approximate surface area is 140 Å². The van der Waals surface area contributed by atoms with Gasteiger partial charge in [0, 0.05) is 44.3 Å². The van der Waals surface area contributed by atoms with Crippen LogP contribution in [0.15, 0.2) is 54.9 Å². The number of imidazole rings is 1. The average molecular weight is 463 g/mol. The predicted molar refractivity (Wildman–Crippen MR) is 85.5 cm³/mol. The van der Waals surface area contributed by atoms with Crippen LogP contribution in [0.5, 0.6) is 0 Å². The maximum Gasteiger partial charge on any atom is 0.0781 e. The number of hydrogen-bond donors (Lipinski definition) is 0. The van der Waals surface area contributed by atoms with E-state index in [0.29, 0.717) is 0 Å². The quantitative estimate of drug-likeness (QED) is 0.320. The molecule has 0 atom stereocenters. The molecule has 0 amide bonds. The number of nitrogens with zero attached hydrogens (tertiary/aromatic N) is 3. The second-order valence-corrected chi connectivity index (χ2v) is 5.45. The van der Waals surface area contributed by atoms with Gasteiger partial charge in [0.15, 0.2) is 0 Å². The van der Waals surface area contributed by atoms with E-state index < -0.39 is 0 Å². The molecule has 5 rings (SSSR count). The van der Waals surface area contributed by atoms with E-state index in [1.165, 1.54) is 16.3 Å². The van der Waals surface area contributed by atoms with E-state index in [2.05, 4.69) is 64.8 Å². The fourth-order valence-corrected chi connectivity index (χ4v) is 3.12. The van der Waals surface area contributed by atoms with Crippen LogP contribution < -0.4 is 0 Å². The Balaban J connectivity index is 0.00000125. The third-order valence-electron chi connectivity index (χ3n) is 4.21. The summed E-state index contributed by atoms with van der Waals surface area (Å²) >= 11 is 0. The SMILES string of the molecule is Cn1ccc2cc3nc4c5[c-]cccc5ccn4c3cc21.[Ir]. The van der Waals surface area contributed by atoms with Crippen LogP contribution in [-0.2, 0) is 27.2 Å². The van der Waals surface area contributed by atoms with Gasteiger partial charge in [0.25, 0.3) is 0 Å². The van der Waals surface area contributed by atoms with Crippen LogP contribution in [0.4, 0.5) is 0 Å². The molecule has 0 N–H and O–H groups in total. The molecule has 3 heterocycles. The monoisotopic (exact) mass is 463 g/mol. The van der Waals surface area contributed by atoms with Crippen LogP contribution in [0.2, 0.25) is 0 Å².